The van der Waals surface area contributed by atoms with E-state index in [1.165, 1.54) is 18.9 Å². The van der Waals surface area contributed by atoms with Gasteiger partial charge in [-0.3, -0.25) is 4.79 Å². The average molecular weight is 285 g/mol. The van der Waals surface area contributed by atoms with Crippen LogP contribution in [-0.2, 0) is 9.59 Å². The van der Waals surface area contributed by atoms with Gasteiger partial charge < -0.3 is 10.8 Å². The molecule has 0 spiro atoms. The molecular weight excluding hydrogens is 254 g/mol. The fourth-order valence-corrected chi connectivity index (χ4v) is 1.65. The molecule has 3 N–H and O–H groups in total. The van der Waals surface area contributed by atoms with E-state index in [4.69, 9.17) is 10.8 Å². The maximum Gasteiger partial charge on any atom is 0.327 e. The predicted octanol–water partition coefficient (Wildman–Crippen LogP) is 3.75. The number of primary amides is 1. The third-order valence-corrected chi connectivity index (χ3v) is 3.09. The number of hydrogen-bond acceptors (Lipinski definition) is 2. The number of carboxylic acid groups (broad SMARTS) is 1. The molecule has 0 unspecified atom stereocenters. The van der Waals surface area contributed by atoms with Crippen LogP contribution in [0.2, 0.25) is 0 Å². The number of hydrogen-bond donors (Lipinski definition) is 2. The zero-order valence-corrected chi connectivity index (χ0v) is 13.6. The fourth-order valence-electron chi connectivity index (χ4n) is 1.65. The van der Waals surface area contributed by atoms with Crippen molar-refractivity contribution in [1.29, 1.82) is 0 Å². The van der Waals surface area contributed by atoms with Gasteiger partial charge in [-0.25, -0.2) is 4.79 Å². The van der Waals surface area contributed by atoms with Crippen LogP contribution in [0.3, 0.4) is 0 Å². The van der Waals surface area contributed by atoms with E-state index in [0.717, 1.165) is 19.3 Å². The van der Waals surface area contributed by atoms with Crippen LogP contribution in [0.15, 0.2) is 12.2 Å². The van der Waals surface area contributed by atoms with E-state index in [9.17, 15) is 9.59 Å². The van der Waals surface area contributed by atoms with Gasteiger partial charge in [0.25, 0.3) is 0 Å². The summed E-state index contributed by atoms with van der Waals surface area (Å²) in [6.45, 7) is 10.2. The highest BCUT2D eigenvalue weighted by Gasteiger charge is 2.49. The van der Waals surface area contributed by atoms with Crippen LogP contribution in [0.4, 0.5) is 0 Å². The molecule has 118 valence electrons. The quantitative estimate of drug-likeness (QED) is 0.576. The highest BCUT2D eigenvalue weighted by atomic mass is 16.4. The van der Waals surface area contributed by atoms with Gasteiger partial charge in [-0.15, -0.1) is 0 Å². The lowest BCUT2D eigenvalue weighted by Crippen LogP contribution is -2.15. The molecule has 0 bridgehead atoms. The molecule has 0 aromatic heterocycles. The number of amides is 1. The molecule has 20 heavy (non-hydrogen) atoms. The Labute approximate surface area is 123 Å². The molecule has 0 radical (unpaired) electrons. The number of aliphatic carboxylic acids is 1. The molecule has 0 heterocycles. The summed E-state index contributed by atoms with van der Waals surface area (Å²) in [6, 6.07) is 0. The van der Waals surface area contributed by atoms with E-state index < -0.39 is 5.97 Å². The molecule has 0 aromatic rings. The number of nitrogens with two attached hydrogens (primary N) is 1. The lowest BCUT2D eigenvalue weighted by atomic mass is 10.1. The summed E-state index contributed by atoms with van der Waals surface area (Å²) in [5.41, 5.74) is 5.25. The molecule has 4 nitrogen and oxygen atoms in total. The van der Waals surface area contributed by atoms with Crippen molar-refractivity contribution in [3.8, 4) is 0 Å². The van der Waals surface area contributed by atoms with Crippen molar-refractivity contribution < 1.29 is 14.7 Å². The van der Waals surface area contributed by atoms with Crippen molar-refractivity contribution >= 4 is 11.9 Å². The highest BCUT2D eigenvalue weighted by molar-refractivity contribution is 5.80. The third-order valence-electron chi connectivity index (χ3n) is 3.09. The molecule has 1 rings (SSSR count). The van der Waals surface area contributed by atoms with Gasteiger partial charge in [0.1, 0.15) is 0 Å². The fraction of sp³-hybridized carbons (Fsp3) is 0.750. The number of unbranched alkanes of at least 4 members (excludes halogenated alkanes) is 3. The Balaban J connectivity index is 0. The summed E-state index contributed by atoms with van der Waals surface area (Å²) in [5, 5.41) is 8.18. The maximum atomic E-state index is 10.4. The van der Waals surface area contributed by atoms with Crippen LogP contribution in [0.25, 0.3) is 0 Å². The van der Waals surface area contributed by atoms with E-state index in [-0.39, 0.29) is 17.2 Å². The van der Waals surface area contributed by atoms with Gasteiger partial charge in [0.15, 0.2) is 0 Å². The normalized spacial score (nSPS) is 18.4. The Hall–Kier alpha value is -1.32. The van der Waals surface area contributed by atoms with Crippen molar-refractivity contribution in [3.05, 3.63) is 12.2 Å². The second kappa shape index (κ2) is 11.5. The number of carboxylic acids is 1. The van der Waals surface area contributed by atoms with Crippen LogP contribution >= 0.6 is 0 Å². The lowest BCUT2D eigenvalue weighted by Gasteiger charge is -1.95. The summed E-state index contributed by atoms with van der Waals surface area (Å²) < 4.78 is 0. The average Bonchev–Trinajstić information content (AvgIpc) is 3.02. The summed E-state index contributed by atoms with van der Waals surface area (Å²) in [7, 11) is 0. The van der Waals surface area contributed by atoms with Crippen LogP contribution in [-0.4, -0.2) is 17.0 Å². The number of allylic oxidation sites excluding steroid dienone is 1. The lowest BCUT2D eigenvalue weighted by molar-refractivity contribution is -0.131. The topological polar surface area (TPSA) is 80.4 Å². The van der Waals surface area contributed by atoms with Gasteiger partial charge in [0, 0.05) is 12.0 Å². The first-order chi connectivity index (χ1) is 9.31. The van der Waals surface area contributed by atoms with Crippen molar-refractivity contribution in [2.75, 3.05) is 0 Å². The van der Waals surface area contributed by atoms with Crippen LogP contribution < -0.4 is 5.73 Å². The smallest absolute Gasteiger partial charge is 0.327 e. The van der Waals surface area contributed by atoms with Gasteiger partial charge in [0.2, 0.25) is 5.91 Å². The highest BCUT2D eigenvalue weighted by Crippen LogP contribution is 2.51. The van der Waals surface area contributed by atoms with Gasteiger partial charge in [-0.2, -0.15) is 0 Å². The monoisotopic (exact) mass is 285 g/mol. The van der Waals surface area contributed by atoms with E-state index in [1.807, 2.05) is 13.8 Å². The third kappa shape index (κ3) is 11.8. The summed E-state index contributed by atoms with van der Waals surface area (Å²) in [5.74, 6) is -0.839. The van der Waals surface area contributed by atoms with E-state index in [2.05, 4.69) is 20.8 Å². The predicted molar refractivity (Wildman–Crippen MR) is 83.3 cm³/mol. The summed E-state index contributed by atoms with van der Waals surface area (Å²) >= 11 is 0. The first kappa shape index (κ1) is 21.0. The molecule has 1 fully saturated rings. The second-order valence-electron chi connectivity index (χ2n) is 5.38. The van der Waals surface area contributed by atoms with E-state index in [0.29, 0.717) is 0 Å². The molecule has 4 heteroatoms. The second-order valence-corrected chi connectivity index (χ2v) is 5.38. The first-order valence-electron chi connectivity index (χ1n) is 7.50. The van der Waals surface area contributed by atoms with E-state index >= 15 is 0 Å². The summed E-state index contributed by atoms with van der Waals surface area (Å²) in [6.07, 6.45) is 8.24. The molecule has 1 saturated carbocycles. The van der Waals surface area contributed by atoms with Crippen molar-refractivity contribution in [3.63, 3.8) is 0 Å². The SMILES string of the molecule is CC.CC1(C)C[C@@H]1C(N)=O.CCCCC/C=C\C(=O)O. The van der Waals surface area contributed by atoms with Gasteiger partial charge in [-0.1, -0.05) is 53.5 Å². The Kier molecular flexibility index (Phi) is 12.1. The van der Waals surface area contributed by atoms with Crippen molar-refractivity contribution in [2.45, 2.75) is 66.7 Å². The van der Waals surface area contributed by atoms with Crippen LogP contribution in [0, 0.1) is 11.3 Å². The van der Waals surface area contributed by atoms with Gasteiger partial charge in [0.05, 0.1) is 0 Å². The molecule has 1 atom stereocenters. The number of carbonyl (C=O) groups excluding carboxylic acids is 1. The standard InChI is InChI=1S/C8H14O2.C6H11NO.C2H6/c1-2-3-4-5-6-7-8(9)10;1-6(2)3-4(6)5(7)8;1-2/h6-7H,2-5H2,1H3,(H,9,10);4H,3H2,1-2H3,(H2,7,8);1-2H3/b7-6-;;/t;4-;/m.1./s1. The molecule has 1 aliphatic rings. The largest absolute Gasteiger partial charge is 0.478 e. The Bertz CT molecular complexity index is 309. The molecule has 0 aliphatic heterocycles. The first-order valence-corrected chi connectivity index (χ1v) is 7.50. The minimum atomic E-state index is -0.850. The zero-order chi connectivity index (χ0) is 16.2. The van der Waals surface area contributed by atoms with Crippen molar-refractivity contribution in [1.82, 2.24) is 0 Å². The van der Waals surface area contributed by atoms with Gasteiger partial charge >= 0.3 is 5.97 Å². The van der Waals surface area contributed by atoms with Crippen molar-refractivity contribution in [2.24, 2.45) is 17.1 Å². The Morgan fingerprint density at radius 3 is 2.05 bits per heavy atom. The minimum Gasteiger partial charge on any atom is -0.478 e. The van der Waals surface area contributed by atoms with Gasteiger partial charge in [-0.05, 0) is 24.7 Å². The molecule has 0 saturated heterocycles. The van der Waals surface area contributed by atoms with Crippen LogP contribution in [0.5, 0.6) is 0 Å². The molecule has 0 aromatic carbocycles. The molecule has 1 amide bonds. The Morgan fingerprint density at radius 2 is 1.80 bits per heavy atom. The van der Waals surface area contributed by atoms with Crippen LogP contribution in [0.1, 0.15) is 66.7 Å². The number of rotatable bonds is 6. The molecular formula is C16H31NO3. The summed E-state index contributed by atoms with van der Waals surface area (Å²) in [4.78, 5) is 20.3. The molecule has 1 aliphatic carbocycles. The Morgan fingerprint density at radius 1 is 1.30 bits per heavy atom. The zero-order valence-electron chi connectivity index (χ0n) is 13.6. The number of carbonyl (C=O) groups is 2. The maximum absolute atomic E-state index is 10.4. The van der Waals surface area contributed by atoms with E-state index in [1.54, 1.807) is 6.08 Å². The minimum absolute atomic E-state index is 0.144.